The number of ketones is 1. The van der Waals surface area contributed by atoms with E-state index in [1.54, 1.807) is 16.8 Å². The number of rotatable bonds is 3. The van der Waals surface area contributed by atoms with Gasteiger partial charge in [0.25, 0.3) is 0 Å². The molecule has 70 valence electrons. The Labute approximate surface area is 80.3 Å². The van der Waals surface area contributed by atoms with Gasteiger partial charge >= 0.3 is 5.97 Å². The second-order valence-corrected chi connectivity index (χ2v) is 3.49. The summed E-state index contributed by atoms with van der Waals surface area (Å²) in [5.41, 5.74) is 0. The third-order valence-corrected chi connectivity index (χ3v) is 2.34. The number of Topliss-reactive ketones (excluding diaryl/α,β-unsaturated/α-hetero) is 1. The van der Waals surface area contributed by atoms with E-state index in [1.165, 1.54) is 25.2 Å². The van der Waals surface area contributed by atoms with E-state index in [0.717, 1.165) is 0 Å². The van der Waals surface area contributed by atoms with Crippen molar-refractivity contribution in [2.75, 3.05) is 0 Å². The first-order valence-corrected chi connectivity index (χ1v) is 4.80. The number of hydrogen-bond donors (Lipinski definition) is 0. The van der Waals surface area contributed by atoms with E-state index in [9.17, 15) is 9.59 Å². The van der Waals surface area contributed by atoms with Crippen LogP contribution in [0.3, 0.4) is 0 Å². The molecule has 0 amide bonds. The van der Waals surface area contributed by atoms with Crippen LogP contribution >= 0.6 is 11.3 Å². The second kappa shape index (κ2) is 4.18. The van der Waals surface area contributed by atoms with Crippen molar-refractivity contribution in [1.29, 1.82) is 0 Å². The first kappa shape index (κ1) is 9.92. The van der Waals surface area contributed by atoms with Crippen molar-refractivity contribution in [3.63, 3.8) is 0 Å². The molecule has 0 fully saturated rings. The fraction of sp³-hybridized carbons (Fsp3) is 0.333. The largest absolute Gasteiger partial charge is 0.425 e. The maximum Gasteiger partial charge on any atom is 0.321 e. The van der Waals surface area contributed by atoms with E-state index < -0.39 is 11.9 Å². The third-order valence-electron chi connectivity index (χ3n) is 1.68. The molecule has 0 saturated heterocycles. The number of esters is 1. The minimum absolute atomic E-state index is 0.180. The molecule has 0 aliphatic heterocycles. The first-order chi connectivity index (χ1) is 6.11. The second-order valence-electron chi connectivity index (χ2n) is 2.71. The molecule has 0 N–H and O–H groups in total. The zero-order valence-electron chi connectivity index (χ0n) is 7.44. The van der Waals surface area contributed by atoms with Crippen molar-refractivity contribution in [1.82, 2.24) is 0 Å². The van der Waals surface area contributed by atoms with Gasteiger partial charge in [-0.1, -0.05) is 0 Å². The van der Waals surface area contributed by atoms with Gasteiger partial charge in [0.15, 0.2) is 0 Å². The number of carbonyl (C=O) groups excluding carboxylic acids is 2. The molecule has 0 aromatic carbocycles. The number of ether oxygens (including phenoxy) is 1. The molecule has 1 atom stereocenters. The monoisotopic (exact) mass is 198 g/mol. The molecule has 1 aromatic rings. The Morgan fingerprint density at radius 3 is 2.69 bits per heavy atom. The molecule has 13 heavy (non-hydrogen) atoms. The van der Waals surface area contributed by atoms with E-state index in [4.69, 9.17) is 4.74 Å². The highest BCUT2D eigenvalue weighted by atomic mass is 32.1. The molecule has 3 nitrogen and oxygen atoms in total. The number of carbonyl (C=O) groups is 2. The van der Waals surface area contributed by atoms with Gasteiger partial charge in [0.1, 0.15) is 17.5 Å². The molecule has 4 heteroatoms. The van der Waals surface area contributed by atoms with Gasteiger partial charge in [-0.25, -0.2) is 0 Å². The van der Waals surface area contributed by atoms with E-state index in [-0.39, 0.29) is 5.78 Å². The van der Waals surface area contributed by atoms with Crippen LogP contribution < -0.4 is 4.74 Å². The Kier molecular flexibility index (Phi) is 3.19. The fourth-order valence-electron chi connectivity index (χ4n) is 0.681. The van der Waals surface area contributed by atoms with Crippen molar-refractivity contribution >= 4 is 23.1 Å². The molecule has 0 bridgehead atoms. The lowest BCUT2D eigenvalue weighted by Crippen LogP contribution is -2.23. The van der Waals surface area contributed by atoms with Crippen LogP contribution in [0.5, 0.6) is 5.75 Å². The average Bonchev–Trinajstić information content (AvgIpc) is 2.55. The van der Waals surface area contributed by atoms with Gasteiger partial charge in [-0.05, 0) is 25.3 Å². The summed E-state index contributed by atoms with van der Waals surface area (Å²) >= 11 is 1.44. The Morgan fingerprint density at radius 2 is 2.23 bits per heavy atom. The first-order valence-electron chi connectivity index (χ1n) is 3.85. The lowest BCUT2D eigenvalue weighted by molar-refractivity contribution is -0.142. The summed E-state index contributed by atoms with van der Waals surface area (Å²) in [6, 6.07) is 1.69. The van der Waals surface area contributed by atoms with Crippen molar-refractivity contribution in [3.8, 4) is 5.75 Å². The summed E-state index contributed by atoms with van der Waals surface area (Å²) in [6.07, 6.45) is 0. The average molecular weight is 198 g/mol. The molecule has 1 unspecified atom stereocenters. The lowest BCUT2D eigenvalue weighted by atomic mass is 10.1. The highest BCUT2D eigenvalue weighted by Gasteiger charge is 2.19. The molecule has 1 rings (SSSR count). The maximum atomic E-state index is 11.2. The maximum absolute atomic E-state index is 11.2. The van der Waals surface area contributed by atoms with Crippen LogP contribution in [0.4, 0.5) is 0 Å². The molecular formula is C9H10O3S. The third kappa shape index (κ3) is 2.66. The van der Waals surface area contributed by atoms with Crippen LogP contribution in [-0.2, 0) is 9.59 Å². The minimum Gasteiger partial charge on any atom is -0.425 e. The van der Waals surface area contributed by atoms with Crippen molar-refractivity contribution in [2.45, 2.75) is 13.8 Å². The van der Waals surface area contributed by atoms with Crippen LogP contribution in [0.1, 0.15) is 13.8 Å². The Morgan fingerprint density at radius 1 is 1.54 bits per heavy atom. The SMILES string of the molecule is CC(=O)C(C)C(=O)Oc1ccsc1. The minimum atomic E-state index is -0.681. The van der Waals surface area contributed by atoms with Crippen LogP contribution in [0.25, 0.3) is 0 Å². The highest BCUT2D eigenvalue weighted by Crippen LogP contribution is 2.16. The topological polar surface area (TPSA) is 43.4 Å². The molecule has 0 aliphatic rings. The highest BCUT2D eigenvalue weighted by molar-refractivity contribution is 7.08. The van der Waals surface area contributed by atoms with Crippen molar-refractivity contribution < 1.29 is 14.3 Å². The van der Waals surface area contributed by atoms with E-state index >= 15 is 0 Å². The zero-order valence-corrected chi connectivity index (χ0v) is 8.26. The lowest BCUT2D eigenvalue weighted by Gasteiger charge is -2.05. The standard InChI is InChI=1S/C9H10O3S/c1-6(7(2)10)9(11)12-8-3-4-13-5-8/h3-6H,1-2H3. The summed E-state index contributed by atoms with van der Waals surface area (Å²) in [5, 5.41) is 3.52. The van der Waals surface area contributed by atoms with Crippen molar-refractivity contribution in [3.05, 3.63) is 16.8 Å². The normalized spacial score (nSPS) is 12.2. The summed E-state index contributed by atoms with van der Waals surface area (Å²) in [4.78, 5) is 22.0. The van der Waals surface area contributed by atoms with E-state index in [2.05, 4.69) is 0 Å². The molecule has 0 radical (unpaired) electrons. The molecule has 1 heterocycles. The molecule has 0 aliphatic carbocycles. The van der Waals surface area contributed by atoms with Crippen LogP contribution in [0.15, 0.2) is 16.8 Å². The van der Waals surface area contributed by atoms with Crippen LogP contribution in [0, 0.1) is 5.92 Å². The van der Waals surface area contributed by atoms with Gasteiger partial charge in [0.05, 0.1) is 0 Å². The summed E-state index contributed by atoms with van der Waals surface area (Å²) in [5.74, 6) is -0.853. The number of thiophene rings is 1. The van der Waals surface area contributed by atoms with E-state index in [1.807, 2.05) is 0 Å². The molecule has 1 aromatic heterocycles. The van der Waals surface area contributed by atoms with Gasteiger partial charge in [-0.15, -0.1) is 11.3 Å². The molecule has 0 spiro atoms. The predicted molar refractivity (Wildman–Crippen MR) is 49.8 cm³/mol. The fourth-order valence-corrected chi connectivity index (χ4v) is 1.23. The predicted octanol–water partition coefficient (Wildman–Crippen LogP) is 1.88. The Bertz CT molecular complexity index is 303. The van der Waals surface area contributed by atoms with Gasteiger partial charge in [0, 0.05) is 5.38 Å². The quantitative estimate of drug-likeness (QED) is 0.550. The molecule has 0 saturated carbocycles. The van der Waals surface area contributed by atoms with Gasteiger partial charge in [0.2, 0.25) is 0 Å². The zero-order chi connectivity index (χ0) is 9.84. The summed E-state index contributed by atoms with van der Waals surface area (Å²) < 4.78 is 4.93. The summed E-state index contributed by atoms with van der Waals surface area (Å²) in [6.45, 7) is 2.91. The Balaban J connectivity index is 2.56. The van der Waals surface area contributed by atoms with Gasteiger partial charge in [-0.3, -0.25) is 9.59 Å². The smallest absolute Gasteiger partial charge is 0.321 e. The Hall–Kier alpha value is -1.16. The van der Waals surface area contributed by atoms with Crippen molar-refractivity contribution in [2.24, 2.45) is 5.92 Å². The van der Waals surface area contributed by atoms with Gasteiger partial charge < -0.3 is 4.74 Å². The van der Waals surface area contributed by atoms with Gasteiger partial charge in [-0.2, -0.15) is 0 Å². The van der Waals surface area contributed by atoms with Crippen LogP contribution in [-0.4, -0.2) is 11.8 Å². The van der Waals surface area contributed by atoms with E-state index in [0.29, 0.717) is 5.75 Å². The molecular weight excluding hydrogens is 188 g/mol. The summed E-state index contributed by atoms with van der Waals surface area (Å²) in [7, 11) is 0. The van der Waals surface area contributed by atoms with Crippen LogP contribution in [0.2, 0.25) is 0 Å². The number of hydrogen-bond acceptors (Lipinski definition) is 4.